The van der Waals surface area contributed by atoms with Crippen molar-refractivity contribution in [2.45, 2.75) is 38.7 Å². The lowest BCUT2D eigenvalue weighted by Crippen LogP contribution is -2.24. The van der Waals surface area contributed by atoms with Crippen LogP contribution < -0.4 is 15.5 Å². The fourth-order valence-electron chi connectivity index (χ4n) is 2.26. The highest BCUT2D eigenvalue weighted by Crippen LogP contribution is 2.18. The van der Waals surface area contributed by atoms with E-state index in [1.54, 1.807) is 7.05 Å². The van der Waals surface area contributed by atoms with Crippen LogP contribution in [0.1, 0.15) is 32.6 Å². The molecule has 1 aliphatic rings. The first-order valence-electron chi connectivity index (χ1n) is 7.33. The Kier molecular flexibility index (Phi) is 5.34. The number of aromatic nitrogens is 3. The van der Waals surface area contributed by atoms with E-state index in [1.165, 1.54) is 12.8 Å². The highest BCUT2D eigenvalue weighted by molar-refractivity contribution is 5.44. The van der Waals surface area contributed by atoms with E-state index < -0.39 is 0 Å². The Morgan fingerprint density at radius 3 is 2.55 bits per heavy atom. The van der Waals surface area contributed by atoms with Gasteiger partial charge in [0.15, 0.2) is 0 Å². The molecule has 0 aromatic carbocycles. The van der Waals surface area contributed by atoms with Gasteiger partial charge in [-0.15, -0.1) is 0 Å². The molecule has 0 saturated carbocycles. The predicted molar refractivity (Wildman–Crippen MR) is 80.2 cm³/mol. The van der Waals surface area contributed by atoms with Gasteiger partial charge in [-0.05, 0) is 19.3 Å². The number of anilines is 3. The number of hydrogen-bond donors (Lipinski definition) is 3. The first kappa shape index (κ1) is 14.8. The van der Waals surface area contributed by atoms with Crippen LogP contribution in [0.4, 0.5) is 17.8 Å². The predicted octanol–water partition coefficient (Wildman–Crippen LogP) is 1.09. The average Bonchev–Trinajstić information content (AvgIpc) is 2.99. The molecule has 7 nitrogen and oxygen atoms in total. The maximum Gasteiger partial charge on any atom is 0.231 e. The lowest BCUT2D eigenvalue weighted by Gasteiger charge is -2.17. The number of rotatable bonds is 7. The van der Waals surface area contributed by atoms with Crippen molar-refractivity contribution >= 4 is 17.8 Å². The molecule has 0 bridgehead atoms. The maximum atomic E-state index is 9.76. The number of hydrogen-bond acceptors (Lipinski definition) is 7. The van der Waals surface area contributed by atoms with Crippen molar-refractivity contribution in [3.63, 3.8) is 0 Å². The van der Waals surface area contributed by atoms with Gasteiger partial charge in [-0.3, -0.25) is 0 Å². The Morgan fingerprint density at radius 1 is 1.20 bits per heavy atom. The standard InChI is InChI=1S/C13H24N6O/c1-3-6-10(20)9-15-12-16-11(14-2)17-13(18-12)19-7-4-5-8-19/h10,20H,3-9H2,1-2H3,(H2,14,15,16,17,18). The van der Waals surface area contributed by atoms with Crippen molar-refractivity contribution < 1.29 is 5.11 Å². The summed E-state index contributed by atoms with van der Waals surface area (Å²) in [5.74, 6) is 1.77. The lowest BCUT2D eigenvalue weighted by molar-refractivity contribution is 0.176. The van der Waals surface area contributed by atoms with E-state index in [9.17, 15) is 5.11 Å². The second-order valence-corrected chi connectivity index (χ2v) is 5.05. The molecular formula is C13H24N6O. The highest BCUT2D eigenvalue weighted by Gasteiger charge is 2.17. The first-order valence-corrected chi connectivity index (χ1v) is 7.33. The van der Waals surface area contributed by atoms with E-state index in [0.29, 0.717) is 24.4 Å². The number of nitrogens with one attached hydrogen (secondary N) is 2. The minimum Gasteiger partial charge on any atom is -0.391 e. The Balaban J connectivity index is 2.05. The zero-order valence-electron chi connectivity index (χ0n) is 12.3. The molecule has 7 heteroatoms. The van der Waals surface area contributed by atoms with Crippen molar-refractivity contribution in [2.75, 3.05) is 42.2 Å². The minimum atomic E-state index is -0.370. The van der Waals surface area contributed by atoms with Gasteiger partial charge in [-0.1, -0.05) is 13.3 Å². The smallest absolute Gasteiger partial charge is 0.231 e. The largest absolute Gasteiger partial charge is 0.391 e. The van der Waals surface area contributed by atoms with E-state index in [0.717, 1.165) is 25.9 Å². The summed E-state index contributed by atoms with van der Waals surface area (Å²) >= 11 is 0. The van der Waals surface area contributed by atoms with E-state index in [-0.39, 0.29) is 6.10 Å². The van der Waals surface area contributed by atoms with Gasteiger partial charge in [0.05, 0.1) is 6.10 Å². The van der Waals surface area contributed by atoms with Gasteiger partial charge in [-0.25, -0.2) is 0 Å². The minimum absolute atomic E-state index is 0.370. The molecule has 0 aliphatic carbocycles. The molecule has 1 atom stereocenters. The summed E-state index contributed by atoms with van der Waals surface area (Å²) in [6.07, 6.45) is 3.72. The van der Waals surface area contributed by atoms with Crippen molar-refractivity contribution in [1.82, 2.24) is 15.0 Å². The van der Waals surface area contributed by atoms with Crippen LogP contribution >= 0.6 is 0 Å². The molecule has 0 amide bonds. The summed E-state index contributed by atoms with van der Waals surface area (Å²) in [7, 11) is 1.79. The molecule has 1 unspecified atom stereocenters. The van der Waals surface area contributed by atoms with Crippen LogP contribution in [0.5, 0.6) is 0 Å². The van der Waals surface area contributed by atoms with Crippen molar-refractivity contribution in [3.05, 3.63) is 0 Å². The molecule has 1 aliphatic heterocycles. The van der Waals surface area contributed by atoms with E-state index >= 15 is 0 Å². The van der Waals surface area contributed by atoms with Gasteiger partial charge in [0.25, 0.3) is 0 Å². The fourth-order valence-corrected chi connectivity index (χ4v) is 2.26. The molecule has 1 fully saturated rings. The second-order valence-electron chi connectivity index (χ2n) is 5.05. The Morgan fingerprint density at radius 2 is 1.90 bits per heavy atom. The van der Waals surface area contributed by atoms with Crippen molar-refractivity contribution in [2.24, 2.45) is 0 Å². The summed E-state index contributed by atoms with van der Waals surface area (Å²) in [5, 5.41) is 15.8. The Hall–Kier alpha value is -1.63. The highest BCUT2D eigenvalue weighted by atomic mass is 16.3. The zero-order chi connectivity index (χ0) is 14.4. The second kappa shape index (κ2) is 7.23. The molecule has 2 rings (SSSR count). The van der Waals surface area contributed by atoms with Gasteiger partial charge < -0.3 is 20.6 Å². The van der Waals surface area contributed by atoms with Crippen LogP contribution in [-0.4, -0.2) is 52.8 Å². The molecule has 0 spiro atoms. The van der Waals surface area contributed by atoms with Crippen LogP contribution in [0, 0.1) is 0 Å². The Labute approximate surface area is 119 Å². The van der Waals surface area contributed by atoms with Gasteiger partial charge in [-0.2, -0.15) is 15.0 Å². The zero-order valence-corrected chi connectivity index (χ0v) is 12.3. The van der Waals surface area contributed by atoms with Crippen LogP contribution in [-0.2, 0) is 0 Å². The quantitative estimate of drug-likeness (QED) is 0.689. The first-order chi connectivity index (χ1) is 9.72. The lowest BCUT2D eigenvalue weighted by atomic mass is 10.2. The molecule has 20 heavy (non-hydrogen) atoms. The third kappa shape index (κ3) is 3.93. The SMILES string of the molecule is CCCC(O)CNc1nc(NC)nc(N2CCCC2)n1. The molecule has 3 N–H and O–H groups in total. The average molecular weight is 280 g/mol. The van der Waals surface area contributed by atoms with Crippen molar-refractivity contribution in [1.29, 1.82) is 0 Å². The molecule has 1 aromatic rings. The van der Waals surface area contributed by atoms with Gasteiger partial charge >= 0.3 is 0 Å². The normalized spacial score (nSPS) is 16.2. The molecular weight excluding hydrogens is 256 g/mol. The maximum absolute atomic E-state index is 9.76. The molecule has 2 heterocycles. The monoisotopic (exact) mass is 280 g/mol. The summed E-state index contributed by atoms with van der Waals surface area (Å²) in [5.41, 5.74) is 0. The summed E-state index contributed by atoms with van der Waals surface area (Å²) in [4.78, 5) is 15.3. The van der Waals surface area contributed by atoms with Gasteiger partial charge in [0.2, 0.25) is 17.8 Å². The van der Waals surface area contributed by atoms with Gasteiger partial charge in [0.1, 0.15) is 0 Å². The van der Waals surface area contributed by atoms with E-state index in [1.807, 2.05) is 0 Å². The number of aliphatic hydroxyl groups is 1. The van der Waals surface area contributed by atoms with Crippen LogP contribution in [0.2, 0.25) is 0 Å². The topological polar surface area (TPSA) is 86.2 Å². The number of nitrogens with zero attached hydrogens (tertiary/aromatic N) is 4. The Bertz CT molecular complexity index is 421. The van der Waals surface area contributed by atoms with Crippen LogP contribution in [0.15, 0.2) is 0 Å². The summed E-state index contributed by atoms with van der Waals surface area (Å²) < 4.78 is 0. The third-order valence-corrected chi connectivity index (χ3v) is 3.35. The molecule has 112 valence electrons. The molecule has 1 saturated heterocycles. The molecule has 0 radical (unpaired) electrons. The summed E-state index contributed by atoms with van der Waals surface area (Å²) in [6, 6.07) is 0. The van der Waals surface area contributed by atoms with Gasteiger partial charge in [0, 0.05) is 26.7 Å². The third-order valence-electron chi connectivity index (χ3n) is 3.35. The van der Waals surface area contributed by atoms with E-state index in [4.69, 9.17) is 0 Å². The van der Waals surface area contributed by atoms with Crippen LogP contribution in [0.25, 0.3) is 0 Å². The summed E-state index contributed by atoms with van der Waals surface area (Å²) in [6.45, 7) is 4.49. The van der Waals surface area contributed by atoms with Crippen LogP contribution in [0.3, 0.4) is 0 Å². The fraction of sp³-hybridized carbons (Fsp3) is 0.769. The van der Waals surface area contributed by atoms with E-state index in [2.05, 4.69) is 37.4 Å². The number of aliphatic hydroxyl groups excluding tert-OH is 1. The molecule has 1 aromatic heterocycles. The van der Waals surface area contributed by atoms with Crippen molar-refractivity contribution in [3.8, 4) is 0 Å².